The zero-order valence-electron chi connectivity index (χ0n) is 9.94. The van der Waals surface area contributed by atoms with Crippen LogP contribution in [0.15, 0.2) is 24.3 Å². The topological polar surface area (TPSA) is 61.5 Å². The lowest BCUT2D eigenvalue weighted by Crippen LogP contribution is -2.18. The number of carbonyl (C=O) groups is 1. The van der Waals surface area contributed by atoms with Gasteiger partial charge in [0, 0.05) is 11.6 Å². The Hall–Kier alpha value is -1.69. The summed E-state index contributed by atoms with van der Waals surface area (Å²) in [6.07, 6.45) is -0.0859. The van der Waals surface area contributed by atoms with Crippen molar-refractivity contribution in [3.05, 3.63) is 29.8 Å². The molecule has 0 amide bonds. The standard InChI is InChI=1S/C12H15F2NO3/c1-2-17-11(16)7-9(15)8-5-3-4-6-10(8)18-12(13)14/h3-6,9,12H,2,7,15H2,1H3/t9-/m0/s1. The summed E-state index contributed by atoms with van der Waals surface area (Å²) in [5.74, 6) is -0.499. The van der Waals surface area contributed by atoms with Crippen LogP contribution in [0.25, 0.3) is 0 Å². The van der Waals surface area contributed by atoms with Crippen LogP contribution in [0.1, 0.15) is 24.9 Å². The fourth-order valence-electron chi connectivity index (χ4n) is 1.50. The Morgan fingerprint density at radius 2 is 2.06 bits per heavy atom. The Morgan fingerprint density at radius 1 is 1.39 bits per heavy atom. The Bertz CT molecular complexity index is 399. The molecule has 0 fully saturated rings. The molecule has 6 heteroatoms. The highest BCUT2D eigenvalue weighted by Crippen LogP contribution is 2.27. The molecule has 1 rings (SSSR count). The van der Waals surface area contributed by atoms with Gasteiger partial charge in [-0.2, -0.15) is 8.78 Å². The van der Waals surface area contributed by atoms with E-state index in [1.54, 1.807) is 25.1 Å². The zero-order chi connectivity index (χ0) is 13.5. The molecule has 1 aromatic rings. The molecule has 1 aromatic carbocycles. The van der Waals surface area contributed by atoms with Crippen molar-refractivity contribution in [2.24, 2.45) is 5.73 Å². The molecule has 2 N–H and O–H groups in total. The van der Waals surface area contributed by atoms with Crippen molar-refractivity contribution in [1.82, 2.24) is 0 Å². The number of benzene rings is 1. The summed E-state index contributed by atoms with van der Waals surface area (Å²) in [6, 6.07) is 5.38. The van der Waals surface area contributed by atoms with Crippen LogP contribution in [-0.4, -0.2) is 19.2 Å². The van der Waals surface area contributed by atoms with Gasteiger partial charge in [-0.3, -0.25) is 4.79 Å². The zero-order valence-corrected chi connectivity index (χ0v) is 9.94. The van der Waals surface area contributed by atoms with E-state index in [2.05, 4.69) is 4.74 Å². The van der Waals surface area contributed by atoms with Crippen LogP contribution in [0.3, 0.4) is 0 Å². The van der Waals surface area contributed by atoms with Gasteiger partial charge >= 0.3 is 12.6 Å². The van der Waals surface area contributed by atoms with Gasteiger partial charge < -0.3 is 15.2 Å². The molecular formula is C12H15F2NO3. The van der Waals surface area contributed by atoms with Crippen molar-refractivity contribution < 1.29 is 23.0 Å². The van der Waals surface area contributed by atoms with Gasteiger partial charge in [-0.05, 0) is 13.0 Å². The smallest absolute Gasteiger partial charge is 0.387 e. The number of ether oxygens (including phenoxy) is 2. The summed E-state index contributed by atoms with van der Waals surface area (Å²) in [6.45, 7) is -1.00. The number of nitrogens with two attached hydrogens (primary N) is 1. The number of carbonyl (C=O) groups excluding carboxylic acids is 1. The van der Waals surface area contributed by atoms with E-state index >= 15 is 0 Å². The summed E-state index contributed by atoms with van der Waals surface area (Å²) in [4.78, 5) is 11.3. The monoisotopic (exact) mass is 259 g/mol. The van der Waals surface area contributed by atoms with E-state index < -0.39 is 18.6 Å². The third-order valence-corrected chi connectivity index (χ3v) is 2.23. The van der Waals surface area contributed by atoms with Crippen LogP contribution >= 0.6 is 0 Å². The molecule has 0 aliphatic carbocycles. The molecule has 0 unspecified atom stereocenters. The maximum Gasteiger partial charge on any atom is 0.387 e. The minimum Gasteiger partial charge on any atom is -0.466 e. The third-order valence-electron chi connectivity index (χ3n) is 2.23. The van der Waals surface area contributed by atoms with Gasteiger partial charge in [0.25, 0.3) is 0 Å². The van der Waals surface area contributed by atoms with Crippen molar-refractivity contribution in [3.8, 4) is 5.75 Å². The number of esters is 1. The fraction of sp³-hybridized carbons (Fsp3) is 0.417. The van der Waals surface area contributed by atoms with Crippen LogP contribution in [0, 0.1) is 0 Å². The molecule has 0 heterocycles. The van der Waals surface area contributed by atoms with E-state index in [1.165, 1.54) is 6.07 Å². The number of hydrogen-bond donors (Lipinski definition) is 1. The molecule has 0 saturated heterocycles. The first-order valence-corrected chi connectivity index (χ1v) is 5.49. The van der Waals surface area contributed by atoms with Gasteiger partial charge in [0.2, 0.25) is 0 Å². The van der Waals surface area contributed by atoms with Gasteiger partial charge in [-0.25, -0.2) is 0 Å². The highest BCUT2D eigenvalue weighted by Gasteiger charge is 2.18. The van der Waals surface area contributed by atoms with Crippen LogP contribution in [0.2, 0.25) is 0 Å². The molecule has 18 heavy (non-hydrogen) atoms. The van der Waals surface area contributed by atoms with Gasteiger partial charge in [-0.1, -0.05) is 18.2 Å². The van der Waals surface area contributed by atoms with Crippen molar-refractivity contribution >= 4 is 5.97 Å². The molecule has 0 spiro atoms. The number of alkyl halides is 2. The van der Waals surface area contributed by atoms with E-state index in [1.807, 2.05) is 0 Å². The van der Waals surface area contributed by atoms with Gasteiger partial charge in [0.15, 0.2) is 0 Å². The average Bonchev–Trinajstić information content (AvgIpc) is 2.28. The fourth-order valence-corrected chi connectivity index (χ4v) is 1.50. The van der Waals surface area contributed by atoms with E-state index in [0.29, 0.717) is 5.56 Å². The van der Waals surface area contributed by atoms with Crippen molar-refractivity contribution in [1.29, 1.82) is 0 Å². The van der Waals surface area contributed by atoms with Gasteiger partial charge in [0.1, 0.15) is 5.75 Å². The predicted molar refractivity (Wildman–Crippen MR) is 61.3 cm³/mol. The second-order valence-corrected chi connectivity index (χ2v) is 3.53. The molecule has 0 aromatic heterocycles. The Kier molecular flexibility index (Phi) is 5.51. The molecule has 0 radical (unpaired) electrons. The lowest BCUT2D eigenvalue weighted by Gasteiger charge is -2.15. The normalized spacial score (nSPS) is 12.3. The molecule has 0 aliphatic heterocycles. The molecule has 1 atom stereocenters. The summed E-state index contributed by atoms with van der Waals surface area (Å²) >= 11 is 0. The lowest BCUT2D eigenvalue weighted by molar-refractivity contribution is -0.143. The SMILES string of the molecule is CCOC(=O)C[C@H](N)c1ccccc1OC(F)F. The minimum absolute atomic E-state index is 0.0238. The summed E-state index contributed by atoms with van der Waals surface area (Å²) in [5, 5.41) is 0. The van der Waals surface area contributed by atoms with Gasteiger partial charge in [0.05, 0.1) is 13.0 Å². The number of halogens is 2. The second-order valence-electron chi connectivity index (χ2n) is 3.53. The maximum absolute atomic E-state index is 12.2. The number of hydrogen-bond acceptors (Lipinski definition) is 4. The largest absolute Gasteiger partial charge is 0.466 e. The van der Waals surface area contributed by atoms with Crippen LogP contribution in [-0.2, 0) is 9.53 Å². The third kappa shape index (κ3) is 4.29. The van der Waals surface area contributed by atoms with Gasteiger partial charge in [-0.15, -0.1) is 0 Å². The summed E-state index contributed by atoms with van der Waals surface area (Å²) in [5.41, 5.74) is 6.13. The first kappa shape index (κ1) is 14.4. The Balaban J connectivity index is 2.78. The van der Waals surface area contributed by atoms with E-state index in [0.717, 1.165) is 0 Å². The summed E-state index contributed by atoms with van der Waals surface area (Å²) in [7, 11) is 0. The molecule has 0 bridgehead atoms. The Morgan fingerprint density at radius 3 is 2.67 bits per heavy atom. The lowest BCUT2D eigenvalue weighted by atomic mass is 10.0. The first-order valence-electron chi connectivity index (χ1n) is 5.49. The number of para-hydroxylation sites is 1. The second kappa shape index (κ2) is 6.90. The average molecular weight is 259 g/mol. The molecule has 4 nitrogen and oxygen atoms in total. The minimum atomic E-state index is -2.93. The summed E-state index contributed by atoms with van der Waals surface area (Å²) < 4.78 is 33.5. The molecule has 0 aliphatic rings. The van der Waals surface area contributed by atoms with Crippen LogP contribution in [0.4, 0.5) is 8.78 Å². The van der Waals surface area contributed by atoms with Crippen molar-refractivity contribution in [2.75, 3.05) is 6.61 Å². The molecule has 0 saturated carbocycles. The van der Waals surface area contributed by atoms with Crippen molar-refractivity contribution in [2.45, 2.75) is 26.0 Å². The highest BCUT2D eigenvalue weighted by molar-refractivity contribution is 5.70. The van der Waals surface area contributed by atoms with E-state index in [4.69, 9.17) is 10.5 Å². The first-order chi connectivity index (χ1) is 8.54. The molecule has 100 valence electrons. The van der Waals surface area contributed by atoms with E-state index in [-0.39, 0.29) is 18.8 Å². The molecular weight excluding hydrogens is 244 g/mol. The highest BCUT2D eigenvalue weighted by atomic mass is 19.3. The Labute approximate surface area is 104 Å². The maximum atomic E-state index is 12.2. The quantitative estimate of drug-likeness (QED) is 0.796. The van der Waals surface area contributed by atoms with Crippen molar-refractivity contribution in [3.63, 3.8) is 0 Å². The number of rotatable bonds is 6. The van der Waals surface area contributed by atoms with Crippen LogP contribution < -0.4 is 10.5 Å². The predicted octanol–water partition coefficient (Wildman–Crippen LogP) is 2.24. The van der Waals surface area contributed by atoms with E-state index in [9.17, 15) is 13.6 Å². The van der Waals surface area contributed by atoms with Crippen LogP contribution in [0.5, 0.6) is 5.75 Å².